The van der Waals surface area contributed by atoms with Crippen molar-refractivity contribution in [3.8, 4) is 16.9 Å². The quantitative estimate of drug-likeness (QED) is 0.344. The molecule has 0 aliphatic rings. The topological polar surface area (TPSA) is 86.0 Å². The fourth-order valence-electron chi connectivity index (χ4n) is 3.58. The van der Waals surface area contributed by atoms with Crippen LogP contribution < -0.4 is 4.74 Å². The van der Waals surface area contributed by atoms with Gasteiger partial charge >= 0.3 is 12.3 Å². The SMILES string of the molecule is Cc1nnn(CC(O)(c2ccc(F)cc2F)C(F)(F)c2ccc(-c3ccc(OC(F)(F)F)cc3)cn2)n1. The maximum atomic E-state index is 15.8. The Labute approximate surface area is 204 Å². The van der Waals surface area contributed by atoms with Crippen molar-refractivity contribution in [3.63, 3.8) is 0 Å². The lowest BCUT2D eigenvalue weighted by Crippen LogP contribution is -2.48. The molecular formula is C23H16F7N5O2. The Hall–Kier alpha value is -4.07. The van der Waals surface area contributed by atoms with Crippen LogP contribution in [-0.4, -0.2) is 36.7 Å². The molecule has 0 aliphatic heterocycles. The maximum Gasteiger partial charge on any atom is 0.573 e. The molecule has 4 aromatic rings. The van der Waals surface area contributed by atoms with Crippen molar-refractivity contribution in [2.24, 2.45) is 0 Å². The minimum atomic E-state index is -4.88. The van der Waals surface area contributed by atoms with Gasteiger partial charge in [-0.1, -0.05) is 18.2 Å². The Bertz CT molecular complexity index is 1390. The third-order valence-corrected chi connectivity index (χ3v) is 5.33. The fraction of sp³-hybridized carbons (Fsp3) is 0.217. The zero-order valence-electron chi connectivity index (χ0n) is 18.7. The molecule has 2 heterocycles. The van der Waals surface area contributed by atoms with Gasteiger partial charge in [0.1, 0.15) is 29.6 Å². The second kappa shape index (κ2) is 9.42. The Balaban J connectivity index is 1.70. The predicted molar refractivity (Wildman–Crippen MR) is 113 cm³/mol. The standard InChI is InChI=1S/C23H16F7N5O2/c1-13-32-34-35(33-13)12-21(36,18-8-5-16(24)10-19(18)25)22(26,27)20-9-4-15(11-31-20)14-2-6-17(7-3-14)37-23(28,29)30/h2-11,36H,12H2,1H3. The van der Waals surface area contributed by atoms with E-state index in [0.29, 0.717) is 28.6 Å². The Morgan fingerprint density at radius 3 is 2.14 bits per heavy atom. The molecule has 1 atom stereocenters. The number of aliphatic hydroxyl groups is 1. The first-order valence-electron chi connectivity index (χ1n) is 10.4. The largest absolute Gasteiger partial charge is 0.573 e. The van der Waals surface area contributed by atoms with Gasteiger partial charge in [-0.15, -0.1) is 23.4 Å². The normalized spacial score (nSPS) is 13.9. The number of hydrogen-bond donors (Lipinski definition) is 1. The maximum absolute atomic E-state index is 15.8. The molecule has 0 aliphatic carbocycles. The molecular weight excluding hydrogens is 511 g/mol. The highest BCUT2D eigenvalue weighted by Gasteiger charge is 2.58. The number of hydrogen-bond acceptors (Lipinski definition) is 6. The van der Waals surface area contributed by atoms with Crippen LogP contribution in [0.1, 0.15) is 17.1 Å². The minimum absolute atomic E-state index is 0.0966. The predicted octanol–water partition coefficient (Wildman–Crippen LogP) is 4.90. The number of benzene rings is 2. The Morgan fingerprint density at radius 1 is 0.919 bits per heavy atom. The second-order valence-corrected chi connectivity index (χ2v) is 7.93. The molecule has 2 aromatic heterocycles. The lowest BCUT2D eigenvalue weighted by Gasteiger charge is -2.35. The van der Waals surface area contributed by atoms with E-state index in [-0.39, 0.29) is 11.4 Å². The molecule has 0 radical (unpaired) electrons. The van der Waals surface area contributed by atoms with Crippen molar-refractivity contribution in [2.75, 3.05) is 0 Å². The average molecular weight is 527 g/mol. The van der Waals surface area contributed by atoms with E-state index in [1.165, 1.54) is 25.1 Å². The summed E-state index contributed by atoms with van der Waals surface area (Å²) in [6.07, 6.45) is -3.88. The molecule has 1 N–H and O–H groups in total. The van der Waals surface area contributed by atoms with Crippen LogP contribution in [0.15, 0.2) is 60.8 Å². The highest BCUT2D eigenvalue weighted by molar-refractivity contribution is 5.63. The van der Waals surface area contributed by atoms with Crippen molar-refractivity contribution in [1.82, 2.24) is 25.2 Å². The zero-order chi connectivity index (χ0) is 27.0. The third kappa shape index (κ3) is 5.38. The summed E-state index contributed by atoms with van der Waals surface area (Å²) in [6.45, 7) is 0.356. The van der Waals surface area contributed by atoms with Crippen LogP contribution in [0, 0.1) is 18.6 Å². The molecule has 37 heavy (non-hydrogen) atoms. The van der Waals surface area contributed by atoms with Crippen molar-refractivity contribution in [2.45, 2.75) is 31.4 Å². The first kappa shape index (κ1) is 26.0. The molecule has 0 saturated heterocycles. The van der Waals surface area contributed by atoms with E-state index in [0.717, 1.165) is 24.4 Å². The van der Waals surface area contributed by atoms with Crippen LogP contribution in [0.4, 0.5) is 30.7 Å². The number of tetrazole rings is 1. The van der Waals surface area contributed by atoms with Gasteiger partial charge in [-0.05, 0) is 48.0 Å². The summed E-state index contributed by atoms with van der Waals surface area (Å²) in [5, 5.41) is 22.1. The van der Waals surface area contributed by atoms with Crippen molar-refractivity contribution in [3.05, 3.63) is 89.5 Å². The Kier molecular flexibility index (Phi) is 6.62. The van der Waals surface area contributed by atoms with E-state index in [4.69, 9.17) is 0 Å². The minimum Gasteiger partial charge on any atom is -0.406 e. The summed E-state index contributed by atoms with van der Waals surface area (Å²) in [6, 6.07) is 8.39. The molecule has 0 saturated carbocycles. The molecule has 0 spiro atoms. The first-order valence-corrected chi connectivity index (χ1v) is 10.4. The van der Waals surface area contributed by atoms with Gasteiger partial charge in [0.15, 0.2) is 11.4 Å². The molecule has 0 amide bonds. The molecule has 0 fully saturated rings. The van der Waals surface area contributed by atoms with Crippen LogP contribution in [0.25, 0.3) is 11.1 Å². The van der Waals surface area contributed by atoms with E-state index in [2.05, 4.69) is 25.1 Å². The molecule has 194 valence electrons. The summed E-state index contributed by atoms with van der Waals surface area (Å²) < 4.78 is 101. The van der Waals surface area contributed by atoms with E-state index in [1.807, 2.05) is 0 Å². The number of alkyl halides is 5. The summed E-state index contributed by atoms with van der Waals surface area (Å²) >= 11 is 0. The van der Waals surface area contributed by atoms with Crippen LogP contribution in [0.5, 0.6) is 5.75 Å². The lowest BCUT2D eigenvalue weighted by molar-refractivity contribution is -0.274. The lowest BCUT2D eigenvalue weighted by atomic mass is 9.84. The molecule has 7 nitrogen and oxygen atoms in total. The van der Waals surface area contributed by atoms with E-state index in [1.54, 1.807) is 0 Å². The van der Waals surface area contributed by atoms with Gasteiger partial charge in [0.2, 0.25) is 0 Å². The second-order valence-electron chi connectivity index (χ2n) is 7.93. The van der Waals surface area contributed by atoms with Gasteiger partial charge < -0.3 is 9.84 Å². The van der Waals surface area contributed by atoms with Crippen molar-refractivity contribution >= 4 is 0 Å². The highest BCUT2D eigenvalue weighted by Crippen LogP contribution is 2.46. The number of halogens is 7. The molecule has 0 bridgehead atoms. The number of pyridine rings is 1. The van der Waals surface area contributed by atoms with Gasteiger partial charge in [-0.2, -0.15) is 13.6 Å². The Morgan fingerprint density at radius 2 is 1.59 bits per heavy atom. The summed E-state index contributed by atoms with van der Waals surface area (Å²) in [5.74, 6) is -7.13. The summed E-state index contributed by atoms with van der Waals surface area (Å²) in [4.78, 5) is 4.35. The number of aromatic nitrogens is 5. The summed E-state index contributed by atoms with van der Waals surface area (Å²) in [5.41, 5.74) is -4.65. The molecule has 1 unspecified atom stereocenters. The van der Waals surface area contributed by atoms with E-state index in [9.17, 15) is 27.1 Å². The van der Waals surface area contributed by atoms with E-state index < -0.39 is 53.1 Å². The third-order valence-electron chi connectivity index (χ3n) is 5.33. The molecule has 14 heteroatoms. The van der Waals surface area contributed by atoms with Gasteiger partial charge in [0.25, 0.3) is 0 Å². The number of rotatable bonds is 7. The smallest absolute Gasteiger partial charge is 0.406 e. The number of aryl methyl sites for hydroxylation is 1. The number of nitrogens with zero attached hydrogens (tertiary/aromatic N) is 5. The monoisotopic (exact) mass is 527 g/mol. The van der Waals surface area contributed by atoms with Gasteiger partial charge in [-0.25, -0.2) is 8.78 Å². The number of ether oxygens (including phenoxy) is 1. The highest BCUT2D eigenvalue weighted by atomic mass is 19.4. The van der Waals surface area contributed by atoms with Crippen molar-refractivity contribution < 1.29 is 40.6 Å². The van der Waals surface area contributed by atoms with Gasteiger partial charge in [0.05, 0.1) is 0 Å². The van der Waals surface area contributed by atoms with Crippen LogP contribution >= 0.6 is 0 Å². The van der Waals surface area contributed by atoms with Crippen molar-refractivity contribution in [1.29, 1.82) is 0 Å². The van der Waals surface area contributed by atoms with Crippen LogP contribution in [-0.2, 0) is 18.1 Å². The summed E-state index contributed by atoms with van der Waals surface area (Å²) in [7, 11) is 0. The fourth-order valence-corrected chi connectivity index (χ4v) is 3.58. The molecule has 2 aromatic carbocycles. The van der Waals surface area contributed by atoms with Crippen LogP contribution in [0.2, 0.25) is 0 Å². The van der Waals surface area contributed by atoms with Gasteiger partial charge in [0, 0.05) is 23.4 Å². The van der Waals surface area contributed by atoms with E-state index >= 15 is 8.78 Å². The molecule has 4 rings (SSSR count). The van der Waals surface area contributed by atoms with Gasteiger partial charge in [-0.3, -0.25) is 4.98 Å². The zero-order valence-corrected chi connectivity index (χ0v) is 18.7. The average Bonchev–Trinajstić information content (AvgIpc) is 3.22. The first-order chi connectivity index (χ1) is 17.3. The van der Waals surface area contributed by atoms with Crippen LogP contribution in [0.3, 0.4) is 0 Å².